The SMILES string of the molecule is COC(=O)c1cccc(O[C@H](C)C(=O)NCc2ccccc2)c1. The second-order valence-corrected chi connectivity index (χ2v) is 4.98. The van der Waals surface area contributed by atoms with E-state index in [-0.39, 0.29) is 5.91 Å². The number of carbonyl (C=O) groups is 2. The maximum absolute atomic E-state index is 12.1. The number of benzene rings is 2. The molecule has 2 aromatic carbocycles. The predicted molar refractivity (Wildman–Crippen MR) is 86.2 cm³/mol. The largest absolute Gasteiger partial charge is 0.481 e. The van der Waals surface area contributed by atoms with Gasteiger partial charge in [0.1, 0.15) is 5.75 Å². The first-order valence-electron chi connectivity index (χ1n) is 7.27. The molecular weight excluding hydrogens is 294 g/mol. The predicted octanol–water partition coefficient (Wildman–Crippen LogP) is 2.56. The lowest BCUT2D eigenvalue weighted by Crippen LogP contribution is -2.35. The van der Waals surface area contributed by atoms with E-state index in [1.807, 2.05) is 30.3 Å². The molecule has 2 aromatic rings. The normalized spacial score (nSPS) is 11.4. The molecule has 1 amide bonds. The summed E-state index contributed by atoms with van der Waals surface area (Å²) in [4.78, 5) is 23.6. The van der Waals surface area contributed by atoms with Gasteiger partial charge < -0.3 is 14.8 Å². The van der Waals surface area contributed by atoms with Crippen LogP contribution in [0.5, 0.6) is 5.75 Å². The summed E-state index contributed by atoms with van der Waals surface area (Å²) in [5.74, 6) is -0.232. The van der Waals surface area contributed by atoms with E-state index in [0.29, 0.717) is 17.9 Å². The second kappa shape index (κ2) is 7.98. The Morgan fingerprint density at radius 3 is 2.52 bits per heavy atom. The molecule has 0 unspecified atom stereocenters. The van der Waals surface area contributed by atoms with Crippen molar-refractivity contribution in [2.75, 3.05) is 7.11 Å². The average molecular weight is 313 g/mol. The zero-order valence-electron chi connectivity index (χ0n) is 13.1. The van der Waals surface area contributed by atoms with Gasteiger partial charge in [0, 0.05) is 6.54 Å². The molecular formula is C18H19NO4. The highest BCUT2D eigenvalue weighted by molar-refractivity contribution is 5.89. The van der Waals surface area contributed by atoms with Crippen LogP contribution in [0, 0.1) is 0 Å². The van der Waals surface area contributed by atoms with Crippen LogP contribution in [0.25, 0.3) is 0 Å². The van der Waals surface area contributed by atoms with Crippen molar-refractivity contribution in [3.8, 4) is 5.75 Å². The summed E-state index contributed by atoms with van der Waals surface area (Å²) in [7, 11) is 1.31. The Balaban J connectivity index is 1.92. The third-order valence-electron chi connectivity index (χ3n) is 3.25. The molecule has 0 aliphatic carbocycles. The van der Waals surface area contributed by atoms with Crippen LogP contribution in [-0.2, 0) is 16.1 Å². The minimum atomic E-state index is -0.674. The van der Waals surface area contributed by atoms with E-state index in [0.717, 1.165) is 5.56 Å². The molecule has 1 atom stereocenters. The third-order valence-corrected chi connectivity index (χ3v) is 3.25. The number of hydrogen-bond donors (Lipinski definition) is 1. The van der Waals surface area contributed by atoms with Crippen molar-refractivity contribution < 1.29 is 19.1 Å². The number of carbonyl (C=O) groups excluding carboxylic acids is 2. The van der Waals surface area contributed by atoms with Crippen LogP contribution < -0.4 is 10.1 Å². The molecule has 0 spiro atoms. The molecule has 0 aliphatic rings. The minimum absolute atomic E-state index is 0.225. The summed E-state index contributed by atoms with van der Waals surface area (Å²) in [5, 5.41) is 2.81. The maximum Gasteiger partial charge on any atom is 0.337 e. The van der Waals surface area contributed by atoms with Gasteiger partial charge in [-0.05, 0) is 30.7 Å². The number of methoxy groups -OCH3 is 1. The number of hydrogen-bond acceptors (Lipinski definition) is 4. The fourth-order valence-electron chi connectivity index (χ4n) is 2.00. The van der Waals surface area contributed by atoms with Gasteiger partial charge in [-0.25, -0.2) is 4.79 Å². The van der Waals surface area contributed by atoms with Gasteiger partial charge in [0.15, 0.2) is 6.10 Å². The molecule has 0 aliphatic heterocycles. The van der Waals surface area contributed by atoms with Crippen molar-refractivity contribution in [3.05, 3.63) is 65.7 Å². The zero-order chi connectivity index (χ0) is 16.7. The van der Waals surface area contributed by atoms with Crippen LogP contribution in [0.3, 0.4) is 0 Å². The number of rotatable bonds is 6. The van der Waals surface area contributed by atoms with Gasteiger partial charge in [-0.15, -0.1) is 0 Å². The average Bonchev–Trinajstić information content (AvgIpc) is 2.60. The molecule has 120 valence electrons. The molecule has 0 heterocycles. The lowest BCUT2D eigenvalue weighted by molar-refractivity contribution is -0.127. The van der Waals surface area contributed by atoms with Crippen molar-refractivity contribution in [3.63, 3.8) is 0 Å². The first kappa shape index (κ1) is 16.5. The van der Waals surface area contributed by atoms with Crippen molar-refractivity contribution in [1.82, 2.24) is 5.32 Å². The minimum Gasteiger partial charge on any atom is -0.481 e. The van der Waals surface area contributed by atoms with E-state index in [9.17, 15) is 9.59 Å². The number of ether oxygens (including phenoxy) is 2. The van der Waals surface area contributed by atoms with Crippen LogP contribution >= 0.6 is 0 Å². The molecule has 0 saturated carbocycles. The number of nitrogens with one attached hydrogen (secondary N) is 1. The summed E-state index contributed by atoms with van der Waals surface area (Å²) in [6.45, 7) is 2.10. The molecule has 0 radical (unpaired) electrons. The molecule has 0 aromatic heterocycles. The highest BCUT2D eigenvalue weighted by Crippen LogP contribution is 2.15. The molecule has 5 nitrogen and oxygen atoms in total. The molecule has 0 saturated heterocycles. The Bertz CT molecular complexity index is 670. The summed E-state index contributed by atoms with van der Waals surface area (Å²) in [6, 6.07) is 16.2. The standard InChI is InChI=1S/C18H19NO4/c1-13(17(20)19-12-14-7-4-3-5-8-14)23-16-10-6-9-15(11-16)18(21)22-2/h3-11,13H,12H2,1-2H3,(H,19,20)/t13-/m1/s1. The first-order chi connectivity index (χ1) is 11.1. The highest BCUT2D eigenvalue weighted by atomic mass is 16.5. The van der Waals surface area contributed by atoms with Gasteiger partial charge >= 0.3 is 5.97 Å². The van der Waals surface area contributed by atoms with Crippen LogP contribution in [0.2, 0.25) is 0 Å². The fourth-order valence-corrected chi connectivity index (χ4v) is 2.00. The molecule has 0 fully saturated rings. The summed E-state index contributed by atoms with van der Waals surface area (Å²) in [5.41, 5.74) is 1.39. The molecule has 5 heteroatoms. The molecule has 2 rings (SSSR count). The quantitative estimate of drug-likeness (QED) is 0.833. The van der Waals surface area contributed by atoms with E-state index >= 15 is 0 Å². The first-order valence-corrected chi connectivity index (χ1v) is 7.27. The second-order valence-electron chi connectivity index (χ2n) is 4.98. The van der Waals surface area contributed by atoms with E-state index in [1.54, 1.807) is 31.2 Å². The Labute approximate surface area is 135 Å². The summed E-state index contributed by atoms with van der Waals surface area (Å²) in [6.07, 6.45) is -0.674. The number of amides is 1. The van der Waals surface area contributed by atoms with Crippen molar-refractivity contribution >= 4 is 11.9 Å². The van der Waals surface area contributed by atoms with Gasteiger partial charge in [0.25, 0.3) is 5.91 Å². The Morgan fingerprint density at radius 1 is 1.09 bits per heavy atom. The lowest BCUT2D eigenvalue weighted by Gasteiger charge is -2.15. The van der Waals surface area contributed by atoms with Gasteiger partial charge in [-0.1, -0.05) is 36.4 Å². The third kappa shape index (κ3) is 4.85. The van der Waals surface area contributed by atoms with Gasteiger partial charge in [0.2, 0.25) is 0 Å². The van der Waals surface area contributed by atoms with E-state index < -0.39 is 12.1 Å². The van der Waals surface area contributed by atoms with E-state index in [2.05, 4.69) is 10.1 Å². The van der Waals surface area contributed by atoms with Gasteiger partial charge in [0.05, 0.1) is 12.7 Å². The summed E-state index contributed by atoms with van der Waals surface area (Å²) < 4.78 is 10.2. The lowest BCUT2D eigenvalue weighted by atomic mass is 10.2. The van der Waals surface area contributed by atoms with Crippen LogP contribution in [0.1, 0.15) is 22.8 Å². The zero-order valence-corrected chi connectivity index (χ0v) is 13.1. The van der Waals surface area contributed by atoms with Crippen LogP contribution in [-0.4, -0.2) is 25.1 Å². The highest BCUT2D eigenvalue weighted by Gasteiger charge is 2.15. The molecule has 1 N–H and O–H groups in total. The van der Waals surface area contributed by atoms with Gasteiger partial charge in [-0.2, -0.15) is 0 Å². The smallest absolute Gasteiger partial charge is 0.337 e. The molecule has 0 bridgehead atoms. The Kier molecular flexibility index (Phi) is 5.74. The van der Waals surface area contributed by atoms with Crippen molar-refractivity contribution in [1.29, 1.82) is 0 Å². The topological polar surface area (TPSA) is 64.6 Å². The summed E-state index contributed by atoms with van der Waals surface area (Å²) >= 11 is 0. The Hall–Kier alpha value is -2.82. The number of esters is 1. The van der Waals surface area contributed by atoms with E-state index in [1.165, 1.54) is 7.11 Å². The van der Waals surface area contributed by atoms with Crippen LogP contribution in [0.15, 0.2) is 54.6 Å². The van der Waals surface area contributed by atoms with E-state index in [4.69, 9.17) is 4.74 Å². The van der Waals surface area contributed by atoms with Gasteiger partial charge in [-0.3, -0.25) is 4.79 Å². The maximum atomic E-state index is 12.1. The monoisotopic (exact) mass is 313 g/mol. The van der Waals surface area contributed by atoms with Crippen LogP contribution in [0.4, 0.5) is 0 Å². The fraction of sp³-hybridized carbons (Fsp3) is 0.222. The van der Waals surface area contributed by atoms with Crippen molar-refractivity contribution in [2.24, 2.45) is 0 Å². The van der Waals surface area contributed by atoms with Crippen molar-refractivity contribution in [2.45, 2.75) is 19.6 Å². The Morgan fingerprint density at radius 2 is 1.83 bits per heavy atom. The molecule has 23 heavy (non-hydrogen) atoms.